The van der Waals surface area contributed by atoms with Gasteiger partial charge in [-0.25, -0.2) is 0 Å². The molecular formula is C19H21NO2. The fourth-order valence-corrected chi connectivity index (χ4v) is 2.96. The molecule has 1 saturated heterocycles. The minimum absolute atomic E-state index is 0.0436. The number of hydrogen-bond donors (Lipinski definition) is 0. The number of likely N-dealkylation sites (N-methyl/N-ethyl adjacent to an activating group) is 1. The van der Waals surface area contributed by atoms with Crippen LogP contribution in [0.15, 0.2) is 60.7 Å². The highest BCUT2D eigenvalue weighted by atomic mass is 16.5. The maximum absolute atomic E-state index is 12.0. The third-order valence-corrected chi connectivity index (χ3v) is 4.29. The van der Waals surface area contributed by atoms with Crippen molar-refractivity contribution >= 4 is 5.91 Å². The number of amides is 1. The van der Waals surface area contributed by atoms with Gasteiger partial charge >= 0.3 is 0 Å². The summed E-state index contributed by atoms with van der Waals surface area (Å²) in [7, 11) is 1.88. The number of benzene rings is 2. The van der Waals surface area contributed by atoms with E-state index in [0.29, 0.717) is 13.0 Å². The van der Waals surface area contributed by atoms with E-state index in [1.54, 1.807) is 0 Å². The Morgan fingerprint density at radius 3 is 2.23 bits per heavy atom. The van der Waals surface area contributed by atoms with Crippen LogP contribution in [0, 0.1) is 0 Å². The molecule has 2 aromatic carbocycles. The third-order valence-electron chi connectivity index (χ3n) is 4.29. The Kier molecular flexibility index (Phi) is 4.54. The van der Waals surface area contributed by atoms with Crippen LogP contribution in [0.25, 0.3) is 0 Å². The summed E-state index contributed by atoms with van der Waals surface area (Å²) in [6.07, 6.45) is 1.27. The van der Waals surface area contributed by atoms with Crippen molar-refractivity contribution in [1.29, 1.82) is 0 Å². The van der Waals surface area contributed by atoms with Crippen LogP contribution >= 0.6 is 0 Å². The average molecular weight is 295 g/mol. The summed E-state index contributed by atoms with van der Waals surface area (Å²) < 4.78 is 6.05. The van der Waals surface area contributed by atoms with Gasteiger partial charge in [-0.05, 0) is 17.5 Å². The lowest BCUT2D eigenvalue weighted by Gasteiger charge is -2.25. The molecule has 0 aliphatic carbocycles. The van der Waals surface area contributed by atoms with Crippen molar-refractivity contribution in [2.75, 3.05) is 7.05 Å². The molecule has 1 fully saturated rings. The monoisotopic (exact) mass is 295 g/mol. The predicted molar refractivity (Wildman–Crippen MR) is 86.3 cm³/mol. The summed E-state index contributed by atoms with van der Waals surface area (Å²) in [5.74, 6) is 0.166. The largest absolute Gasteiger partial charge is 0.371 e. The number of hydrogen-bond acceptors (Lipinski definition) is 2. The van der Waals surface area contributed by atoms with Crippen molar-refractivity contribution in [2.24, 2.45) is 0 Å². The lowest BCUT2D eigenvalue weighted by molar-refractivity contribution is -0.127. The molecule has 0 saturated carbocycles. The van der Waals surface area contributed by atoms with Gasteiger partial charge in [0.25, 0.3) is 0 Å². The van der Waals surface area contributed by atoms with Gasteiger partial charge in [-0.2, -0.15) is 0 Å². The van der Waals surface area contributed by atoms with Crippen molar-refractivity contribution in [2.45, 2.75) is 31.6 Å². The molecule has 1 aliphatic heterocycles. The van der Waals surface area contributed by atoms with Crippen molar-refractivity contribution in [3.8, 4) is 0 Å². The Bertz CT molecular complexity index is 612. The third kappa shape index (κ3) is 3.37. The molecule has 0 bridgehead atoms. The number of nitrogens with zero attached hydrogens (tertiary/aromatic N) is 1. The Morgan fingerprint density at radius 1 is 1.00 bits per heavy atom. The molecule has 0 unspecified atom stereocenters. The molecule has 0 N–H and O–H groups in total. The van der Waals surface area contributed by atoms with E-state index in [0.717, 1.165) is 12.0 Å². The maximum Gasteiger partial charge on any atom is 0.225 e. The first-order chi connectivity index (χ1) is 10.7. The van der Waals surface area contributed by atoms with Crippen molar-refractivity contribution in [1.82, 2.24) is 4.90 Å². The van der Waals surface area contributed by atoms with Gasteiger partial charge < -0.3 is 9.64 Å². The number of ether oxygens (including phenoxy) is 1. The predicted octanol–water partition coefficient (Wildman–Crippen LogP) is 3.05. The number of rotatable bonds is 5. The Morgan fingerprint density at radius 2 is 1.59 bits per heavy atom. The zero-order valence-electron chi connectivity index (χ0n) is 12.8. The number of likely N-dealkylation sites (tertiary alicyclic amines) is 1. The molecule has 1 amide bonds. The first-order valence-corrected chi connectivity index (χ1v) is 7.69. The molecule has 1 heterocycles. The van der Waals surface area contributed by atoms with Gasteiger partial charge in [-0.3, -0.25) is 4.79 Å². The molecule has 3 rings (SSSR count). The summed E-state index contributed by atoms with van der Waals surface area (Å²) in [5, 5.41) is 0. The summed E-state index contributed by atoms with van der Waals surface area (Å²) in [5.41, 5.74) is 2.38. The van der Waals surface area contributed by atoms with Crippen LogP contribution in [0.1, 0.15) is 17.5 Å². The molecule has 114 valence electrons. The smallest absolute Gasteiger partial charge is 0.225 e. The summed E-state index contributed by atoms with van der Waals surface area (Å²) >= 11 is 0. The molecule has 1 aliphatic rings. The van der Waals surface area contributed by atoms with Crippen LogP contribution < -0.4 is 0 Å². The van der Waals surface area contributed by atoms with Crippen LogP contribution in [0.4, 0.5) is 0 Å². The molecule has 22 heavy (non-hydrogen) atoms. The van der Waals surface area contributed by atoms with Crippen LogP contribution in [-0.2, 0) is 22.6 Å². The van der Waals surface area contributed by atoms with Gasteiger partial charge in [-0.15, -0.1) is 0 Å². The van der Waals surface area contributed by atoms with Crippen LogP contribution in [0.5, 0.6) is 0 Å². The number of carbonyl (C=O) groups excluding carboxylic acids is 1. The molecular weight excluding hydrogens is 274 g/mol. The van der Waals surface area contributed by atoms with Gasteiger partial charge in [-0.1, -0.05) is 60.7 Å². The van der Waals surface area contributed by atoms with Gasteiger partial charge in [0.1, 0.15) is 0 Å². The topological polar surface area (TPSA) is 29.5 Å². The quantitative estimate of drug-likeness (QED) is 0.848. The van der Waals surface area contributed by atoms with Gasteiger partial charge in [0.15, 0.2) is 0 Å². The van der Waals surface area contributed by atoms with E-state index in [1.165, 1.54) is 5.56 Å². The van der Waals surface area contributed by atoms with E-state index in [2.05, 4.69) is 12.1 Å². The zero-order valence-corrected chi connectivity index (χ0v) is 12.8. The van der Waals surface area contributed by atoms with E-state index >= 15 is 0 Å². The SMILES string of the molecule is CN1C(=O)C[C@H](OCc2ccccc2)[C@H]1Cc1ccccc1. The maximum atomic E-state index is 12.0. The first-order valence-electron chi connectivity index (χ1n) is 7.69. The Labute approximate surface area is 131 Å². The van der Waals surface area contributed by atoms with E-state index in [-0.39, 0.29) is 18.1 Å². The Hall–Kier alpha value is -2.13. The second-order valence-electron chi connectivity index (χ2n) is 5.80. The zero-order chi connectivity index (χ0) is 15.4. The molecule has 2 aromatic rings. The van der Waals surface area contributed by atoms with E-state index in [1.807, 2.05) is 60.5 Å². The lowest BCUT2D eigenvalue weighted by Crippen LogP contribution is -2.36. The highest BCUT2D eigenvalue weighted by molar-refractivity contribution is 5.79. The molecule has 0 radical (unpaired) electrons. The normalized spacial score (nSPS) is 21.3. The molecule has 0 aromatic heterocycles. The second kappa shape index (κ2) is 6.75. The second-order valence-corrected chi connectivity index (χ2v) is 5.80. The summed E-state index contributed by atoms with van der Waals surface area (Å²) in [4.78, 5) is 13.9. The van der Waals surface area contributed by atoms with Gasteiger partial charge in [0.05, 0.1) is 25.2 Å². The fourth-order valence-electron chi connectivity index (χ4n) is 2.96. The summed E-state index contributed by atoms with van der Waals surface area (Å²) in [6.45, 7) is 0.553. The Balaban J connectivity index is 1.67. The molecule has 0 spiro atoms. The minimum atomic E-state index is -0.0436. The summed E-state index contributed by atoms with van der Waals surface area (Å²) in [6, 6.07) is 20.5. The van der Waals surface area contributed by atoms with Crippen LogP contribution in [-0.4, -0.2) is 30.0 Å². The highest BCUT2D eigenvalue weighted by Crippen LogP contribution is 2.25. The average Bonchev–Trinajstić information content (AvgIpc) is 2.83. The molecule has 2 atom stereocenters. The van der Waals surface area contributed by atoms with E-state index < -0.39 is 0 Å². The van der Waals surface area contributed by atoms with Gasteiger partial charge in [0, 0.05) is 7.05 Å². The van der Waals surface area contributed by atoms with E-state index in [4.69, 9.17) is 4.74 Å². The number of carbonyl (C=O) groups is 1. The van der Waals surface area contributed by atoms with Crippen LogP contribution in [0.3, 0.4) is 0 Å². The van der Waals surface area contributed by atoms with Crippen LogP contribution in [0.2, 0.25) is 0 Å². The van der Waals surface area contributed by atoms with Gasteiger partial charge in [0.2, 0.25) is 5.91 Å². The van der Waals surface area contributed by atoms with Crippen molar-refractivity contribution in [3.63, 3.8) is 0 Å². The first kappa shape index (κ1) is 14.8. The van der Waals surface area contributed by atoms with Crippen molar-refractivity contribution < 1.29 is 9.53 Å². The van der Waals surface area contributed by atoms with E-state index in [9.17, 15) is 4.79 Å². The molecule has 3 nitrogen and oxygen atoms in total. The lowest BCUT2D eigenvalue weighted by atomic mass is 10.0. The van der Waals surface area contributed by atoms with Crippen molar-refractivity contribution in [3.05, 3.63) is 71.8 Å². The standard InChI is InChI=1S/C19H21NO2/c1-20-17(12-15-8-4-2-5-9-15)18(13-19(20)21)22-14-16-10-6-3-7-11-16/h2-11,17-18H,12-14H2,1H3/t17-,18+/m1/s1. The fraction of sp³-hybridized carbons (Fsp3) is 0.316. The minimum Gasteiger partial charge on any atom is -0.371 e. The molecule has 3 heteroatoms. The highest BCUT2D eigenvalue weighted by Gasteiger charge is 2.38.